The highest BCUT2D eigenvalue weighted by Crippen LogP contribution is 2.15. The van der Waals surface area contributed by atoms with Gasteiger partial charge in [-0.2, -0.15) is 0 Å². The summed E-state index contributed by atoms with van der Waals surface area (Å²) in [6, 6.07) is 1.55. The average molecular weight is 143 g/mol. The summed E-state index contributed by atoms with van der Waals surface area (Å²) in [7, 11) is 0. The van der Waals surface area contributed by atoms with Crippen molar-refractivity contribution in [3.8, 4) is 5.88 Å². The Kier molecular flexibility index (Phi) is 1.58. The number of aromatic hydroxyl groups is 1. The predicted octanol–water partition coefficient (Wildman–Crippen LogP) is 1.62. The van der Waals surface area contributed by atoms with Crippen molar-refractivity contribution in [3.63, 3.8) is 0 Å². The lowest BCUT2D eigenvalue weighted by atomic mass is 10.3. The SMILES string of the molecule is [CH2]c1cc(Cl)cnc1O. The van der Waals surface area contributed by atoms with Crippen molar-refractivity contribution >= 4 is 11.6 Å². The van der Waals surface area contributed by atoms with Crippen LogP contribution in [0.15, 0.2) is 12.3 Å². The lowest BCUT2D eigenvalue weighted by Gasteiger charge is -1.94. The number of nitrogens with zero attached hydrogens (tertiary/aromatic N) is 1. The Hall–Kier alpha value is -0.760. The minimum atomic E-state index is -0.0700. The van der Waals surface area contributed by atoms with Crippen molar-refractivity contribution in [2.75, 3.05) is 0 Å². The fourth-order valence-corrected chi connectivity index (χ4v) is 0.654. The van der Waals surface area contributed by atoms with Crippen molar-refractivity contribution < 1.29 is 5.11 Å². The van der Waals surface area contributed by atoms with Gasteiger partial charge in [0.1, 0.15) is 0 Å². The molecule has 2 nitrogen and oxygen atoms in total. The molecule has 0 aromatic carbocycles. The maximum atomic E-state index is 8.81. The van der Waals surface area contributed by atoms with E-state index in [1.807, 2.05) is 0 Å². The third-order valence-electron chi connectivity index (χ3n) is 0.909. The highest BCUT2D eigenvalue weighted by Gasteiger charge is 1.95. The second-order valence-electron chi connectivity index (χ2n) is 1.64. The Morgan fingerprint density at radius 2 is 2.33 bits per heavy atom. The molecule has 1 heterocycles. The number of aromatic nitrogens is 1. The smallest absolute Gasteiger partial charge is 0.214 e. The summed E-state index contributed by atoms with van der Waals surface area (Å²) in [6.45, 7) is 3.48. The monoisotopic (exact) mass is 142 g/mol. The van der Waals surface area contributed by atoms with Crippen LogP contribution in [0, 0.1) is 6.92 Å². The Balaban J connectivity index is 3.17. The van der Waals surface area contributed by atoms with E-state index in [0.29, 0.717) is 10.6 Å². The highest BCUT2D eigenvalue weighted by atomic mass is 35.5. The summed E-state index contributed by atoms with van der Waals surface area (Å²) >= 11 is 5.50. The van der Waals surface area contributed by atoms with Crippen molar-refractivity contribution in [2.24, 2.45) is 0 Å². The molecule has 0 spiro atoms. The minimum absolute atomic E-state index is 0.0700. The summed E-state index contributed by atoms with van der Waals surface area (Å²) in [5.41, 5.74) is 0.447. The number of hydrogen-bond donors (Lipinski definition) is 1. The predicted molar refractivity (Wildman–Crippen MR) is 35.4 cm³/mol. The minimum Gasteiger partial charge on any atom is -0.493 e. The zero-order chi connectivity index (χ0) is 6.85. The molecule has 1 aromatic heterocycles. The van der Waals surface area contributed by atoms with Gasteiger partial charge in [-0.3, -0.25) is 0 Å². The third kappa shape index (κ3) is 1.33. The van der Waals surface area contributed by atoms with E-state index >= 15 is 0 Å². The van der Waals surface area contributed by atoms with E-state index in [1.165, 1.54) is 6.20 Å². The summed E-state index contributed by atoms with van der Waals surface area (Å²) in [6.07, 6.45) is 1.37. The van der Waals surface area contributed by atoms with Crippen molar-refractivity contribution in [2.45, 2.75) is 0 Å². The van der Waals surface area contributed by atoms with Crippen LogP contribution in [-0.2, 0) is 0 Å². The molecule has 0 aliphatic carbocycles. The first-order valence-electron chi connectivity index (χ1n) is 2.36. The molecular formula is C6H5ClNO. The maximum Gasteiger partial charge on any atom is 0.214 e. The van der Waals surface area contributed by atoms with Crippen LogP contribution in [0.2, 0.25) is 5.02 Å². The van der Waals surface area contributed by atoms with E-state index in [1.54, 1.807) is 6.07 Å². The molecule has 1 radical (unpaired) electrons. The quantitative estimate of drug-likeness (QED) is 0.597. The van der Waals surface area contributed by atoms with E-state index in [4.69, 9.17) is 16.7 Å². The molecule has 0 saturated carbocycles. The molecule has 0 saturated heterocycles. The van der Waals surface area contributed by atoms with Gasteiger partial charge >= 0.3 is 0 Å². The zero-order valence-electron chi connectivity index (χ0n) is 4.63. The van der Waals surface area contributed by atoms with Crippen LogP contribution in [0.25, 0.3) is 0 Å². The van der Waals surface area contributed by atoms with Crippen LogP contribution >= 0.6 is 11.6 Å². The van der Waals surface area contributed by atoms with E-state index in [9.17, 15) is 0 Å². The molecule has 3 heteroatoms. The molecule has 0 aliphatic heterocycles. The lowest BCUT2D eigenvalue weighted by Crippen LogP contribution is -1.77. The van der Waals surface area contributed by atoms with Gasteiger partial charge < -0.3 is 5.11 Å². The Labute approximate surface area is 58.1 Å². The highest BCUT2D eigenvalue weighted by molar-refractivity contribution is 6.30. The number of hydrogen-bond acceptors (Lipinski definition) is 2. The second kappa shape index (κ2) is 2.23. The Morgan fingerprint density at radius 3 is 2.78 bits per heavy atom. The van der Waals surface area contributed by atoms with Gasteiger partial charge in [-0.1, -0.05) is 11.6 Å². The summed E-state index contributed by atoms with van der Waals surface area (Å²) < 4.78 is 0. The fraction of sp³-hybridized carbons (Fsp3) is 0. The number of halogens is 1. The van der Waals surface area contributed by atoms with Gasteiger partial charge in [-0.25, -0.2) is 4.98 Å². The van der Waals surface area contributed by atoms with Crippen LogP contribution in [0.3, 0.4) is 0 Å². The fourth-order valence-electron chi connectivity index (χ4n) is 0.474. The third-order valence-corrected chi connectivity index (χ3v) is 1.12. The maximum absolute atomic E-state index is 8.81. The molecule has 1 aromatic rings. The molecule has 0 unspecified atom stereocenters. The van der Waals surface area contributed by atoms with Gasteiger partial charge in [0.05, 0.1) is 5.02 Å². The molecular weight excluding hydrogens is 138 g/mol. The van der Waals surface area contributed by atoms with Gasteiger partial charge in [0.25, 0.3) is 0 Å². The van der Waals surface area contributed by atoms with Crippen LogP contribution in [-0.4, -0.2) is 10.1 Å². The molecule has 1 N–H and O–H groups in total. The van der Waals surface area contributed by atoms with E-state index in [2.05, 4.69) is 11.9 Å². The topological polar surface area (TPSA) is 33.1 Å². The molecule has 0 bridgehead atoms. The molecule has 9 heavy (non-hydrogen) atoms. The Morgan fingerprint density at radius 1 is 1.67 bits per heavy atom. The number of rotatable bonds is 0. The average Bonchev–Trinajstić information content (AvgIpc) is 1.80. The van der Waals surface area contributed by atoms with Crippen LogP contribution in [0.4, 0.5) is 0 Å². The van der Waals surface area contributed by atoms with Crippen molar-refractivity contribution in [1.82, 2.24) is 4.98 Å². The van der Waals surface area contributed by atoms with Crippen molar-refractivity contribution in [1.29, 1.82) is 0 Å². The van der Waals surface area contributed by atoms with Gasteiger partial charge in [-0.15, -0.1) is 0 Å². The summed E-state index contributed by atoms with van der Waals surface area (Å²) in [5.74, 6) is -0.0700. The van der Waals surface area contributed by atoms with Gasteiger partial charge in [-0.05, 0) is 13.0 Å². The molecule has 0 atom stereocenters. The first kappa shape index (κ1) is 6.36. The van der Waals surface area contributed by atoms with E-state index < -0.39 is 0 Å². The Bertz CT molecular complexity index is 224. The normalized spacial score (nSPS) is 9.56. The van der Waals surface area contributed by atoms with Crippen LogP contribution in [0.5, 0.6) is 5.88 Å². The van der Waals surface area contributed by atoms with Crippen molar-refractivity contribution in [3.05, 3.63) is 29.8 Å². The largest absolute Gasteiger partial charge is 0.493 e. The molecule has 1 rings (SSSR count). The molecule has 47 valence electrons. The second-order valence-corrected chi connectivity index (χ2v) is 2.07. The lowest BCUT2D eigenvalue weighted by molar-refractivity contribution is 0.451. The van der Waals surface area contributed by atoms with Gasteiger partial charge in [0.15, 0.2) is 0 Å². The van der Waals surface area contributed by atoms with Crippen LogP contribution < -0.4 is 0 Å². The first-order chi connectivity index (χ1) is 4.20. The summed E-state index contributed by atoms with van der Waals surface area (Å²) in [4.78, 5) is 3.54. The van der Waals surface area contributed by atoms with E-state index in [0.717, 1.165) is 0 Å². The standard InChI is InChI=1S/C6H5ClNO/c1-4-2-5(7)3-8-6(4)9/h2-3H,1H2,(H,8,9). The molecule has 0 amide bonds. The molecule has 0 fully saturated rings. The van der Waals surface area contributed by atoms with Gasteiger partial charge in [0, 0.05) is 11.8 Å². The number of pyridine rings is 1. The first-order valence-corrected chi connectivity index (χ1v) is 2.74. The molecule has 0 aliphatic rings. The van der Waals surface area contributed by atoms with Crippen LogP contribution in [0.1, 0.15) is 5.56 Å². The van der Waals surface area contributed by atoms with Gasteiger partial charge in [0.2, 0.25) is 5.88 Å². The zero-order valence-corrected chi connectivity index (χ0v) is 5.39. The van der Waals surface area contributed by atoms with E-state index in [-0.39, 0.29) is 5.88 Å². The summed E-state index contributed by atoms with van der Waals surface area (Å²) in [5, 5.41) is 9.30.